The lowest BCUT2D eigenvalue weighted by molar-refractivity contribution is -0.145. The van der Waals surface area contributed by atoms with Crippen LogP contribution in [-0.2, 0) is 4.79 Å². The third-order valence-electron chi connectivity index (χ3n) is 1.91. The summed E-state index contributed by atoms with van der Waals surface area (Å²) in [6.07, 6.45) is -0.445. The number of nitrogens with two attached hydrogens (primary N) is 1. The molecule has 0 aliphatic heterocycles. The standard InChI is InChI=1S/C10H12BrNO3/c1-2-7(10(13)14)15-8-5-3-4-6(12)9(8)11/h3-5,7H,2,12H2,1H3,(H,13,14). The summed E-state index contributed by atoms with van der Waals surface area (Å²) in [5, 5.41) is 8.82. The Morgan fingerprint density at radius 2 is 2.33 bits per heavy atom. The largest absolute Gasteiger partial charge is 0.479 e. The molecule has 0 heterocycles. The number of hydrogen-bond acceptors (Lipinski definition) is 3. The lowest BCUT2D eigenvalue weighted by Crippen LogP contribution is -2.26. The van der Waals surface area contributed by atoms with Gasteiger partial charge in [-0.2, -0.15) is 0 Å². The summed E-state index contributed by atoms with van der Waals surface area (Å²) < 4.78 is 5.90. The number of carbonyl (C=O) groups is 1. The van der Waals surface area contributed by atoms with Gasteiger partial charge in [-0.3, -0.25) is 0 Å². The van der Waals surface area contributed by atoms with Crippen LogP contribution in [0.2, 0.25) is 0 Å². The molecule has 1 aromatic rings. The third-order valence-corrected chi connectivity index (χ3v) is 2.76. The number of halogens is 1. The van der Waals surface area contributed by atoms with E-state index in [0.717, 1.165) is 0 Å². The number of carboxylic acids is 1. The van der Waals surface area contributed by atoms with Crippen molar-refractivity contribution in [2.45, 2.75) is 19.4 Å². The molecule has 0 saturated carbocycles. The molecule has 0 amide bonds. The van der Waals surface area contributed by atoms with E-state index in [4.69, 9.17) is 15.6 Å². The monoisotopic (exact) mass is 273 g/mol. The molecule has 0 saturated heterocycles. The number of hydrogen-bond donors (Lipinski definition) is 2. The van der Waals surface area contributed by atoms with Crippen molar-refractivity contribution < 1.29 is 14.6 Å². The van der Waals surface area contributed by atoms with Crippen LogP contribution in [0.25, 0.3) is 0 Å². The number of ether oxygens (including phenoxy) is 1. The van der Waals surface area contributed by atoms with Gasteiger partial charge in [0.15, 0.2) is 6.10 Å². The first-order chi connectivity index (χ1) is 7.06. The van der Waals surface area contributed by atoms with Crippen LogP contribution in [0.15, 0.2) is 22.7 Å². The van der Waals surface area contributed by atoms with Crippen LogP contribution in [-0.4, -0.2) is 17.2 Å². The zero-order valence-electron chi connectivity index (χ0n) is 8.24. The van der Waals surface area contributed by atoms with Crippen molar-refractivity contribution in [2.75, 3.05) is 5.73 Å². The highest BCUT2D eigenvalue weighted by atomic mass is 79.9. The summed E-state index contributed by atoms with van der Waals surface area (Å²) in [7, 11) is 0. The number of aliphatic carboxylic acids is 1. The second-order valence-electron chi connectivity index (χ2n) is 3.01. The van der Waals surface area contributed by atoms with Gasteiger partial charge in [-0.15, -0.1) is 0 Å². The Kier molecular flexibility index (Phi) is 3.96. The predicted molar refractivity (Wildman–Crippen MR) is 60.9 cm³/mol. The Bertz CT molecular complexity index is 368. The lowest BCUT2D eigenvalue weighted by atomic mass is 10.2. The van der Waals surface area contributed by atoms with Crippen LogP contribution < -0.4 is 10.5 Å². The van der Waals surface area contributed by atoms with Gasteiger partial charge >= 0.3 is 5.97 Å². The minimum absolute atomic E-state index is 0.399. The molecule has 1 aromatic carbocycles. The van der Waals surface area contributed by atoms with Gasteiger partial charge in [-0.25, -0.2) is 4.79 Å². The summed E-state index contributed by atoms with van der Waals surface area (Å²) in [5.74, 6) is -0.531. The van der Waals surface area contributed by atoms with Gasteiger partial charge in [0.05, 0.1) is 4.47 Å². The molecule has 1 rings (SSSR count). The highest BCUT2D eigenvalue weighted by Gasteiger charge is 2.18. The van der Waals surface area contributed by atoms with Crippen LogP contribution >= 0.6 is 15.9 Å². The van der Waals surface area contributed by atoms with Gasteiger partial charge in [0.1, 0.15) is 5.75 Å². The maximum absolute atomic E-state index is 10.8. The molecule has 15 heavy (non-hydrogen) atoms. The normalized spacial score (nSPS) is 12.1. The first kappa shape index (κ1) is 11.8. The molecule has 1 atom stereocenters. The second-order valence-corrected chi connectivity index (χ2v) is 3.81. The smallest absolute Gasteiger partial charge is 0.344 e. The average Bonchev–Trinajstić information content (AvgIpc) is 2.19. The van der Waals surface area contributed by atoms with E-state index in [-0.39, 0.29) is 0 Å². The van der Waals surface area contributed by atoms with Crippen molar-refractivity contribution >= 4 is 27.6 Å². The molecule has 3 N–H and O–H groups in total. The van der Waals surface area contributed by atoms with Crippen molar-refractivity contribution in [3.63, 3.8) is 0 Å². The molecule has 82 valence electrons. The highest BCUT2D eigenvalue weighted by Crippen LogP contribution is 2.31. The van der Waals surface area contributed by atoms with E-state index in [1.807, 2.05) is 0 Å². The van der Waals surface area contributed by atoms with Gasteiger partial charge in [-0.1, -0.05) is 13.0 Å². The summed E-state index contributed by atoms with van der Waals surface area (Å²) in [6, 6.07) is 5.09. The SMILES string of the molecule is CCC(Oc1cccc(N)c1Br)C(=O)O. The maximum atomic E-state index is 10.8. The van der Waals surface area contributed by atoms with Crippen LogP contribution in [0.4, 0.5) is 5.69 Å². The Morgan fingerprint density at radius 3 is 2.87 bits per heavy atom. The minimum atomic E-state index is -0.980. The quantitative estimate of drug-likeness (QED) is 0.826. The number of anilines is 1. The lowest BCUT2D eigenvalue weighted by Gasteiger charge is -2.14. The molecule has 0 radical (unpaired) electrons. The molecule has 0 aliphatic carbocycles. The molecule has 0 bridgehead atoms. The average molecular weight is 274 g/mol. The van der Waals surface area contributed by atoms with Crippen LogP contribution in [0.1, 0.15) is 13.3 Å². The summed E-state index contributed by atoms with van der Waals surface area (Å²) in [4.78, 5) is 10.8. The topological polar surface area (TPSA) is 72.5 Å². The van der Waals surface area contributed by atoms with Crippen LogP contribution in [0.5, 0.6) is 5.75 Å². The van der Waals surface area contributed by atoms with E-state index >= 15 is 0 Å². The van der Waals surface area contributed by atoms with E-state index in [2.05, 4.69) is 15.9 Å². The fraction of sp³-hybridized carbons (Fsp3) is 0.300. The van der Waals surface area contributed by atoms with Crippen molar-refractivity contribution in [3.05, 3.63) is 22.7 Å². The Hall–Kier alpha value is -1.23. The Morgan fingerprint density at radius 1 is 1.67 bits per heavy atom. The van der Waals surface area contributed by atoms with E-state index in [1.54, 1.807) is 25.1 Å². The zero-order chi connectivity index (χ0) is 11.4. The van der Waals surface area contributed by atoms with Crippen molar-refractivity contribution in [3.8, 4) is 5.75 Å². The number of rotatable bonds is 4. The predicted octanol–water partition coefficient (Wildman–Crippen LogP) is 2.27. The highest BCUT2D eigenvalue weighted by molar-refractivity contribution is 9.10. The van der Waals surface area contributed by atoms with Crippen molar-refractivity contribution in [1.29, 1.82) is 0 Å². The Balaban J connectivity index is 2.88. The zero-order valence-corrected chi connectivity index (χ0v) is 9.82. The van der Waals surface area contributed by atoms with Crippen molar-refractivity contribution in [1.82, 2.24) is 0 Å². The van der Waals surface area contributed by atoms with Gasteiger partial charge < -0.3 is 15.6 Å². The summed E-state index contributed by atoms with van der Waals surface area (Å²) >= 11 is 3.24. The van der Waals surface area contributed by atoms with Crippen LogP contribution in [0, 0.1) is 0 Å². The summed E-state index contributed by atoms with van der Waals surface area (Å²) in [6.45, 7) is 1.75. The molecular weight excluding hydrogens is 262 g/mol. The van der Waals surface area contributed by atoms with E-state index < -0.39 is 12.1 Å². The van der Waals surface area contributed by atoms with Gasteiger partial charge in [-0.05, 0) is 34.5 Å². The fourth-order valence-corrected chi connectivity index (χ4v) is 1.44. The minimum Gasteiger partial charge on any atom is -0.479 e. The molecule has 0 aliphatic rings. The molecular formula is C10H12BrNO3. The number of nitrogen functional groups attached to an aromatic ring is 1. The first-order valence-corrected chi connectivity index (χ1v) is 5.29. The molecule has 1 unspecified atom stereocenters. The third kappa shape index (κ3) is 2.86. The summed E-state index contributed by atoms with van der Waals surface area (Å²) in [5.41, 5.74) is 6.16. The van der Waals surface area contributed by atoms with E-state index in [9.17, 15) is 4.79 Å². The van der Waals surface area contributed by atoms with E-state index in [1.165, 1.54) is 0 Å². The molecule has 0 spiro atoms. The molecule has 0 aromatic heterocycles. The van der Waals surface area contributed by atoms with Crippen molar-refractivity contribution in [2.24, 2.45) is 0 Å². The maximum Gasteiger partial charge on any atom is 0.344 e. The second kappa shape index (κ2) is 5.02. The molecule has 5 heteroatoms. The molecule has 0 fully saturated rings. The van der Waals surface area contributed by atoms with Gasteiger partial charge in [0, 0.05) is 5.69 Å². The Labute approximate surface area is 96.2 Å². The number of carboxylic acid groups (broad SMARTS) is 1. The number of benzene rings is 1. The van der Waals surface area contributed by atoms with Gasteiger partial charge in [0.25, 0.3) is 0 Å². The molecule has 4 nitrogen and oxygen atoms in total. The fourth-order valence-electron chi connectivity index (χ4n) is 1.08. The van der Waals surface area contributed by atoms with E-state index in [0.29, 0.717) is 22.3 Å². The first-order valence-electron chi connectivity index (χ1n) is 4.49. The van der Waals surface area contributed by atoms with Gasteiger partial charge in [0.2, 0.25) is 0 Å². The van der Waals surface area contributed by atoms with Crippen LogP contribution in [0.3, 0.4) is 0 Å².